The predicted molar refractivity (Wildman–Crippen MR) is 318 cm³/mol. The molecule has 0 aromatic carbocycles. The molecule has 0 bridgehead atoms. The molecule has 0 N–H and O–H groups in total. The number of unbranched alkanes of at least 4 members (excludes halogenated alkanes) is 22. The lowest BCUT2D eigenvalue weighted by molar-refractivity contribution is -0.119. The first-order chi connectivity index (χ1) is 34.7. The molecular formula is C70H126O. The van der Waals surface area contributed by atoms with Crippen molar-refractivity contribution in [3.05, 3.63) is 48.6 Å². The molecule has 0 aliphatic heterocycles. The van der Waals surface area contributed by atoms with Crippen LogP contribution in [-0.2, 0) is 4.79 Å². The molecule has 0 amide bonds. The van der Waals surface area contributed by atoms with Crippen LogP contribution in [0, 0.1) is 39.9 Å². The van der Waals surface area contributed by atoms with Gasteiger partial charge in [0.1, 0.15) is 5.78 Å². The summed E-state index contributed by atoms with van der Waals surface area (Å²) < 4.78 is 0. The Kier molecular flexibility index (Phi) is 36.8. The number of hydrogen-bond donors (Lipinski definition) is 0. The van der Waals surface area contributed by atoms with Gasteiger partial charge in [0.05, 0.1) is 0 Å². The Balaban J connectivity index is 1.50. The van der Waals surface area contributed by atoms with Gasteiger partial charge in [-0.1, -0.05) is 231 Å². The Morgan fingerprint density at radius 1 is 0.423 bits per heavy atom. The van der Waals surface area contributed by atoms with Crippen molar-refractivity contribution in [2.24, 2.45) is 39.9 Å². The highest BCUT2D eigenvalue weighted by molar-refractivity contribution is 5.78. The second-order valence-electron chi connectivity index (χ2n) is 26.0. The van der Waals surface area contributed by atoms with Crippen LogP contribution < -0.4 is 0 Å². The summed E-state index contributed by atoms with van der Waals surface area (Å²) in [5.41, 5.74) is 1.80. The number of fused-ring (bicyclic) bond motifs is 1. The molecule has 3 fully saturated rings. The van der Waals surface area contributed by atoms with E-state index in [1.807, 2.05) is 0 Å². The highest BCUT2D eigenvalue weighted by Gasteiger charge is 2.52. The van der Waals surface area contributed by atoms with E-state index in [4.69, 9.17) is 0 Å². The molecule has 0 radical (unpaired) electrons. The lowest BCUT2D eigenvalue weighted by Crippen LogP contribution is -2.33. The first-order valence-corrected chi connectivity index (χ1v) is 32.8. The number of allylic oxidation sites excluding steroid dienone is 8. The Bertz CT molecular complexity index is 1320. The fourth-order valence-electron chi connectivity index (χ4n) is 14.3. The Labute approximate surface area is 446 Å². The van der Waals surface area contributed by atoms with Crippen LogP contribution in [0.2, 0.25) is 0 Å². The molecule has 0 unspecified atom stereocenters. The summed E-state index contributed by atoms with van der Waals surface area (Å²) >= 11 is 0. The summed E-state index contributed by atoms with van der Waals surface area (Å²) in [6, 6.07) is 0. The van der Waals surface area contributed by atoms with Gasteiger partial charge in [-0.05, 0) is 194 Å². The van der Waals surface area contributed by atoms with E-state index in [1.54, 1.807) is 38.5 Å². The molecule has 3 rings (SSSR count). The third kappa shape index (κ3) is 30.1. The van der Waals surface area contributed by atoms with Gasteiger partial charge in [-0.25, -0.2) is 0 Å². The normalized spacial score (nSPS) is 21.3. The van der Waals surface area contributed by atoms with Gasteiger partial charge < -0.3 is 0 Å². The standard InChI is InChI=1S/C70H126O/c1-7-11-15-17-19-21-23-25-27-29-31-33-35-37-39-44-53-69(54-45-40-38-36-34-32-30-28-26-24-22-20-18-16-12-8-2)55-57-70(58-56-69)61-65-59-63(47-41-42-50-67(71)49-13-9-3)64(60-66(65)62-70)48-43-46-52-68(5,6)51-14-10-4/h19-22,25-28,63-66H,7-18,23-24,29-62H2,1-6H3/b21-19-,22-20-,27-25-,28-26-/t63-,64+,65-,66+/m0/s1. The number of carbonyl (C=O) groups excluding carboxylic acids is 1. The maximum Gasteiger partial charge on any atom is 0.132 e. The van der Waals surface area contributed by atoms with E-state index in [2.05, 4.69) is 90.2 Å². The minimum atomic E-state index is 0.510. The van der Waals surface area contributed by atoms with Crippen LogP contribution in [0.3, 0.4) is 0 Å². The summed E-state index contributed by atoms with van der Waals surface area (Å²) in [6.45, 7) is 14.2. The van der Waals surface area contributed by atoms with Gasteiger partial charge in [0.2, 0.25) is 0 Å². The second-order valence-corrected chi connectivity index (χ2v) is 26.0. The molecule has 0 aromatic heterocycles. The van der Waals surface area contributed by atoms with Crippen LogP contribution >= 0.6 is 0 Å². The molecule has 3 aliphatic rings. The zero-order valence-electron chi connectivity index (χ0n) is 49.3. The maximum absolute atomic E-state index is 12.6. The third-order valence-corrected chi connectivity index (χ3v) is 19.1. The summed E-state index contributed by atoms with van der Waals surface area (Å²) in [7, 11) is 0. The van der Waals surface area contributed by atoms with E-state index >= 15 is 0 Å². The van der Waals surface area contributed by atoms with Crippen LogP contribution in [-0.4, -0.2) is 5.78 Å². The van der Waals surface area contributed by atoms with Crippen molar-refractivity contribution >= 4 is 5.78 Å². The van der Waals surface area contributed by atoms with Crippen molar-refractivity contribution in [2.45, 2.75) is 350 Å². The van der Waals surface area contributed by atoms with E-state index in [9.17, 15) is 4.79 Å². The Morgan fingerprint density at radius 3 is 1.28 bits per heavy atom. The van der Waals surface area contributed by atoms with E-state index in [1.165, 1.54) is 225 Å². The number of hydrogen-bond acceptors (Lipinski definition) is 1. The predicted octanol–water partition coefficient (Wildman–Crippen LogP) is 24.1. The highest BCUT2D eigenvalue weighted by Crippen LogP contribution is 2.63. The minimum Gasteiger partial charge on any atom is -0.300 e. The van der Waals surface area contributed by atoms with E-state index in [0.717, 1.165) is 68.6 Å². The number of rotatable bonds is 46. The van der Waals surface area contributed by atoms with Crippen molar-refractivity contribution in [2.75, 3.05) is 0 Å². The van der Waals surface area contributed by atoms with Crippen molar-refractivity contribution in [3.63, 3.8) is 0 Å². The van der Waals surface area contributed by atoms with Crippen molar-refractivity contribution in [1.82, 2.24) is 0 Å². The van der Waals surface area contributed by atoms with Crippen LogP contribution in [0.5, 0.6) is 0 Å². The second kappa shape index (κ2) is 40.9. The molecule has 4 atom stereocenters. The first kappa shape index (κ1) is 63.9. The monoisotopic (exact) mass is 983 g/mol. The van der Waals surface area contributed by atoms with E-state index < -0.39 is 0 Å². The summed E-state index contributed by atoms with van der Waals surface area (Å²) in [5.74, 6) is 4.38. The smallest absolute Gasteiger partial charge is 0.132 e. The third-order valence-electron chi connectivity index (χ3n) is 19.1. The largest absolute Gasteiger partial charge is 0.300 e. The van der Waals surface area contributed by atoms with Gasteiger partial charge in [0.15, 0.2) is 0 Å². The molecule has 1 heteroatoms. The average Bonchev–Trinajstić information content (AvgIpc) is 3.72. The number of carbonyl (C=O) groups is 1. The SMILES string of the molecule is CCCCC/C=C\C/C=C\CCCCCCCCC1(CCCCCCCC/C=C\C/C=C\CCCCC)CCC2(CC1)C[C@H]1C[C@@H](CCCCC(C)(C)CCCC)[C@@H](CCCCC(=O)CCCC)C[C@H]1C2. The minimum absolute atomic E-state index is 0.510. The van der Waals surface area contributed by atoms with Crippen LogP contribution in [0.25, 0.3) is 0 Å². The highest BCUT2D eigenvalue weighted by atomic mass is 16.1. The first-order valence-electron chi connectivity index (χ1n) is 32.8. The van der Waals surface area contributed by atoms with Gasteiger partial charge in [0, 0.05) is 12.8 Å². The molecule has 3 saturated carbocycles. The van der Waals surface area contributed by atoms with Crippen molar-refractivity contribution in [1.29, 1.82) is 0 Å². The fraction of sp³-hybridized carbons (Fsp3) is 0.871. The molecule has 71 heavy (non-hydrogen) atoms. The lowest BCUT2D eigenvalue weighted by atomic mass is 9.59. The fourth-order valence-corrected chi connectivity index (χ4v) is 14.3. The van der Waals surface area contributed by atoms with Crippen LogP contribution in [0.1, 0.15) is 350 Å². The molecule has 0 heterocycles. The average molecular weight is 984 g/mol. The van der Waals surface area contributed by atoms with Crippen molar-refractivity contribution in [3.8, 4) is 0 Å². The summed E-state index contributed by atoms with van der Waals surface area (Å²) in [5, 5.41) is 0. The van der Waals surface area contributed by atoms with Crippen LogP contribution in [0.15, 0.2) is 48.6 Å². The van der Waals surface area contributed by atoms with Gasteiger partial charge in [-0.2, -0.15) is 0 Å². The van der Waals surface area contributed by atoms with Gasteiger partial charge in [-0.15, -0.1) is 0 Å². The number of Topliss-reactive ketones (excluding diaryl/α,β-unsaturated/α-hetero) is 1. The zero-order chi connectivity index (χ0) is 51.0. The molecule has 412 valence electrons. The summed E-state index contributed by atoms with van der Waals surface area (Å²) in [4.78, 5) is 12.6. The molecule has 1 spiro atoms. The molecule has 0 saturated heterocycles. The van der Waals surface area contributed by atoms with Crippen LogP contribution in [0.4, 0.5) is 0 Å². The summed E-state index contributed by atoms with van der Waals surface area (Å²) in [6.07, 6.45) is 84.8. The molecule has 0 aromatic rings. The van der Waals surface area contributed by atoms with Gasteiger partial charge >= 0.3 is 0 Å². The quantitative estimate of drug-likeness (QED) is 0.0439. The van der Waals surface area contributed by atoms with Crippen molar-refractivity contribution < 1.29 is 4.79 Å². The molecular weight excluding hydrogens is 857 g/mol. The van der Waals surface area contributed by atoms with E-state index in [0.29, 0.717) is 22.0 Å². The lowest BCUT2D eigenvalue weighted by Gasteiger charge is -2.46. The number of ketones is 1. The topological polar surface area (TPSA) is 17.1 Å². The Morgan fingerprint density at radius 2 is 0.817 bits per heavy atom. The van der Waals surface area contributed by atoms with Gasteiger partial charge in [0.25, 0.3) is 0 Å². The molecule has 3 aliphatic carbocycles. The zero-order valence-corrected chi connectivity index (χ0v) is 49.3. The van der Waals surface area contributed by atoms with E-state index in [-0.39, 0.29) is 0 Å². The van der Waals surface area contributed by atoms with Gasteiger partial charge in [-0.3, -0.25) is 4.79 Å². The Hall–Kier alpha value is -1.37. The molecule has 1 nitrogen and oxygen atoms in total. The maximum atomic E-state index is 12.6.